The largest absolute Gasteiger partial charge is 0.397 e. The van der Waals surface area contributed by atoms with E-state index in [1.54, 1.807) is 12.1 Å². The Bertz CT molecular complexity index is 761. The van der Waals surface area contributed by atoms with Crippen molar-refractivity contribution in [1.82, 2.24) is 0 Å². The molecule has 7 heteroatoms. The summed E-state index contributed by atoms with van der Waals surface area (Å²) in [6.45, 7) is 1.81. The highest BCUT2D eigenvalue weighted by Crippen LogP contribution is 2.23. The van der Waals surface area contributed by atoms with Crippen LogP contribution in [-0.4, -0.2) is 8.42 Å². The van der Waals surface area contributed by atoms with E-state index in [-0.39, 0.29) is 16.3 Å². The maximum Gasteiger partial charge on any atom is 0.262 e. The maximum absolute atomic E-state index is 13.1. The second kappa shape index (κ2) is 5.09. The number of nitrogens with one attached hydrogen (secondary N) is 1. The Kier molecular flexibility index (Phi) is 3.63. The van der Waals surface area contributed by atoms with Crippen LogP contribution in [0.4, 0.5) is 20.2 Å². The zero-order chi connectivity index (χ0) is 14.9. The van der Waals surface area contributed by atoms with Crippen molar-refractivity contribution in [3.63, 3.8) is 0 Å². The van der Waals surface area contributed by atoms with Crippen LogP contribution in [0.25, 0.3) is 0 Å². The normalized spacial score (nSPS) is 11.3. The van der Waals surface area contributed by atoms with Gasteiger partial charge in [-0.2, -0.15) is 0 Å². The summed E-state index contributed by atoms with van der Waals surface area (Å²) < 4.78 is 52.2. The Balaban J connectivity index is 2.38. The molecule has 2 aromatic carbocycles. The van der Waals surface area contributed by atoms with Gasteiger partial charge in [-0.05, 0) is 42.8 Å². The molecule has 0 unspecified atom stereocenters. The topological polar surface area (TPSA) is 72.2 Å². The van der Waals surface area contributed by atoms with Crippen LogP contribution >= 0.6 is 0 Å². The standard InChI is InChI=1S/C13H12F2N2O2S/c1-8-2-5-13(12(16)6-8)17-20(18,19)9-3-4-10(14)11(15)7-9/h2-7,17H,16H2,1H3. The van der Waals surface area contributed by atoms with E-state index in [4.69, 9.17) is 5.73 Å². The molecule has 0 saturated heterocycles. The van der Waals surface area contributed by atoms with Gasteiger partial charge in [0.25, 0.3) is 10.0 Å². The highest BCUT2D eigenvalue weighted by Gasteiger charge is 2.17. The van der Waals surface area contributed by atoms with Gasteiger partial charge in [-0.15, -0.1) is 0 Å². The Morgan fingerprint density at radius 2 is 1.75 bits per heavy atom. The maximum atomic E-state index is 13.1. The fourth-order valence-electron chi connectivity index (χ4n) is 1.62. The first kappa shape index (κ1) is 14.3. The minimum absolute atomic E-state index is 0.181. The van der Waals surface area contributed by atoms with Gasteiger partial charge < -0.3 is 5.73 Å². The zero-order valence-corrected chi connectivity index (χ0v) is 11.3. The molecule has 0 bridgehead atoms. The number of aryl methyl sites for hydroxylation is 1. The lowest BCUT2D eigenvalue weighted by molar-refractivity contribution is 0.504. The fraction of sp³-hybridized carbons (Fsp3) is 0.0769. The highest BCUT2D eigenvalue weighted by atomic mass is 32.2. The number of halogens is 2. The highest BCUT2D eigenvalue weighted by molar-refractivity contribution is 7.92. The molecule has 0 aliphatic rings. The number of anilines is 2. The summed E-state index contributed by atoms with van der Waals surface area (Å²) >= 11 is 0. The number of nitrogens with two attached hydrogens (primary N) is 1. The Hall–Kier alpha value is -2.15. The average Bonchev–Trinajstić information content (AvgIpc) is 2.36. The van der Waals surface area contributed by atoms with E-state index in [0.717, 1.165) is 17.7 Å². The molecule has 0 heterocycles. The van der Waals surface area contributed by atoms with Crippen molar-refractivity contribution in [3.8, 4) is 0 Å². The fourth-order valence-corrected chi connectivity index (χ4v) is 2.72. The smallest absolute Gasteiger partial charge is 0.262 e. The quantitative estimate of drug-likeness (QED) is 0.856. The second-order valence-corrected chi connectivity index (χ2v) is 5.95. The van der Waals surface area contributed by atoms with E-state index in [1.807, 2.05) is 6.92 Å². The van der Waals surface area contributed by atoms with E-state index in [9.17, 15) is 17.2 Å². The summed E-state index contributed by atoms with van der Waals surface area (Å²) in [4.78, 5) is -0.378. The molecule has 3 N–H and O–H groups in total. The molecule has 0 atom stereocenters. The molecule has 0 aliphatic heterocycles. The lowest BCUT2D eigenvalue weighted by atomic mass is 10.2. The van der Waals surface area contributed by atoms with E-state index < -0.39 is 21.7 Å². The van der Waals surface area contributed by atoms with Crippen molar-refractivity contribution in [2.24, 2.45) is 0 Å². The minimum Gasteiger partial charge on any atom is -0.397 e. The first-order chi connectivity index (χ1) is 9.29. The van der Waals surface area contributed by atoms with Gasteiger partial charge in [-0.3, -0.25) is 4.72 Å². The summed E-state index contributed by atoms with van der Waals surface area (Å²) in [5.74, 6) is -2.34. The molecule has 0 radical (unpaired) electrons. The van der Waals surface area contributed by atoms with Gasteiger partial charge in [-0.25, -0.2) is 17.2 Å². The van der Waals surface area contributed by atoms with Gasteiger partial charge in [0.05, 0.1) is 16.3 Å². The molecule has 0 aliphatic carbocycles. The molecular formula is C13H12F2N2O2S. The molecule has 0 spiro atoms. The number of sulfonamides is 1. The molecular weight excluding hydrogens is 286 g/mol. The third kappa shape index (κ3) is 2.88. The van der Waals surface area contributed by atoms with Crippen molar-refractivity contribution in [2.75, 3.05) is 10.5 Å². The van der Waals surface area contributed by atoms with Crippen LogP contribution in [-0.2, 0) is 10.0 Å². The Labute approximate surface area is 115 Å². The molecule has 0 aromatic heterocycles. The monoisotopic (exact) mass is 298 g/mol. The predicted octanol–water partition coefficient (Wildman–Crippen LogP) is 2.66. The summed E-state index contributed by atoms with van der Waals surface area (Å²) in [5, 5.41) is 0. The third-order valence-electron chi connectivity index (χ3n) is 2.65. The average molecular weight is 298 g/mol. The number of hydrogen-bond acceptors (Lipinski definition) is 3. The van der Waals surface area contributed by atoms with Gasteiger partial charge in [0, 0.05) is 0 Å². The van der Waals surface area contributed by atoms with Gasteiger partial charge in [0.2, 0.25) is 0 Å². The van der Waals surface area contributed by atoms with E-state index in [1.165, 1.54) is 6.07 Å². The first-order valence-electron chi connectivity index (χ1n) is 5.63. The van der Waals surface area contributed by atoms with Gasteiger partial charge in [-0.1, -0.05) is 6.07 Å². The van der Waals surface area contributed by atoms with Crippen LogP contribution in [0.2, 0.25) is 0 Å². The third-order valence-corrected chi connectivity index (χ3v) is 4.02. The van der Waals surface area contributed by atoms with Gasteiger partial charge in [0.15, 0.2) is 11.6 Å². The van der Waals surface area contributed by atoms with Crippen molar-refractivity contribution in [3.05, 3.63) is 53.6 Å². The Morgan fingerprint density at radius 3 is 2.35 bits per heavy atom. The lowest BCUT2D eigenvalue weighted by Gasteiger charge is -2.11. The van der Waals surface area contributed by atoms with E-state index in [2.05, 4.69) is 4.72 Å². The second-order valence-electron chi connectivity index (χ2n) is 4.27. The van der Waals surface area contributed by atoms with Crippen LogP contribution < -0.4 is 10.5 Å². The SMILES string of the molecule is Cc1ccc(NS(=O)(=O)c2ccc(F)c(F)c2)c(N)c1. The lowest BCUT2D eigenvalue weighted by Crippen LogP contribution is -2.14. The van der Waals surface area contributed by atoms with Crippen LogP contribution in [0.3, 0.4) is 0 Å². The zero-order valence-electron chi connectivity index (χ0n) is 10.5. The molecule has 2 aromatic rings. The number of nitrogen functional groups attached to an aromatic ring is 1. The number of benzene rings is 2. The molecule has 0 amide bonds. The molecule has 0 fully saturated rings. The van der Waals surface area contributed by atoms with Crippen LogP contribution in [0.5, 0.6) is 0 Å². The number of rotatable bonds is 3. The van der Waals surface area contributed by atoms with Crippen molar-refractivity contribution >= 4 is 21.4 Å². The van der Waals surface area contributed by atoms with Crippen molar-refractivity contribution < 1.29 is 17.2 Å². The molecule has 2 rings (SSSR count). The minimum atomic E-state index is -4.02. The van der Waals surface area contributed by atoms with Crippen LogP contribution in [0.15, 0.2) is 41.3 Å². The summed E-state index contributed by atoms with van der Waals surface area (Å²) in [6, 6.07) is 7.13. The van der Waals surface area contributed by atoms with Crippen molar-refractivity contribution in [1.29, 1.82) is 0 Å². The molecule has 106 valence electrons. The van der Waals surface area contributed by atoms with Crippen LogP contribution in [0.1, 0.15) is 5.56 Å². The molecule has 0 saturated carbocycles. The summed E-state index contributed by atoms with van der Waals surface area (Å²) in [5.41, 5.74) is 7.00. The van der Waals surface area contributed by atoms with Crippen LogP contribution in [0, 0.1) is 18.6 Å². The summed E-state index contributed by atoms with van der Waals surface area (Å²) in [6.07, 6.45) is 0. The summed E-state index contributed by atoms with van der Waals surface area (Å²) in [7, 11) is -4.02. The first-order valence-corrected chi connectivity index (χ1v) is 7.12. The molecule has 4 nitrogen and oxygen atoms in total. The number of hydrogen-bond donors (Lipinski definition) is 2. The van der Waals surface area contributed by atoms with E-state index >= 15 is 0 Å². The van der Waals surface area contributed by atoms with Gasteiger partial charge in [0.1, 0.15) is 0 Å². The van der Waals surface area contributed by atoms with E-state index in [0.29, 0.717) is 6.07 Å². The predicted molar refractivity (Wildman–Crippen MR) is 72.8 cm³/mol. The molecule has 20 heavy (non-hydrogen) atoms. The van der Waals surface area contributed by atoms with Crippen molar-refractivity contribution in [2.45, 2.75) is 11.8 Å². The van der Waals surface area contributed by atoms with Gasteiger partial charge >= 0.3 is 0 Å². The Morgan fingerprint density at radius 1 is 1.05 bits per heavy atom.